The minimum atomic E-state index is 0.0818. The molecule has 0 aromatic carbocycles. The zero-order chi connectivity index (χ0) is 14.9. The molecule has 3 aromatic heterocycles. The molecule has 4 rings (SSSR count). The van der Waals surface area contributed by atoms with Gasteiger partial charge >= 0.3 is 0 Å². The fraction of sp³-hybridized carbons (Fsp3) is 0.286. The molecule has 3 aromatic rings. The molecule has 1 unspecified atom stereocenters. The first-order valence-electron chi connectivity index (χ1n) is 6.98. The van der Waals surface area contributed by atoms with Crippen LogP contribution in [0.5, 0.6) is 5.75 Å². The first-order chi connectivity index (χ1) is 10.8. The highest BCUT2D eigenvalue weighted by Gasteiger charge is 2.26. The van der Waals surface area contributed by atoms with Crippen molar-refractivity contribution < 1.29 is 4.74 Å². The number of hydrogen-bond acceptors (Lipinski definition) is 6. The molecule has 0 saturated carbocycles. The third kappa shape index (κ3) is 2.43. The second kappa shape index (κ2) is 5.42. The summed E-state index contributed by atoms with van der Waals surface area (Å²) in [5.41, 5.74) is 0.735. The van der Waals surface area contributed by atoms with Gasteiger partial charge in [-0.15, -0.1) is 15.3 Å². The molecule has 8 heteroatoms. The molecule has 0 N–H and O–H groups in total. The molecule has 1 aliphatic heterocycles. The molecule has 0 amide bonds. The second-order valence-corrected chi connectivity index (χ2v) is 5.51. The van der Waals surface area contributed by atoms with Gasteiger partial charge < -0.3 is 9.64 Å². The Balaban J connectivity index is 1.49. The van der Waals surface area contributed by atoms with E-state index >= 15 is 0 Å². The normalized spacial score (nSPS) is 18.0. The number of rotatable bonds is 3. The molecule has 1 atom stereocenters. The van der Waals surface area contributed by atoms with Crippen molar-refractivity contribution in [3.63, 3.8) is 0 Å². The molecule has 22 heavy (non-hydrogen) atoms. The van der Waals surface area contributed by atoms with Crippen LogP contribution < -0.4 is 9.64 Å². The molecule has 1 fully saturated rings. The van der Waals surface area contributed by atoms with E-state index in [1.807, 2.05) is 12.1 Å². The highest BCUT2D eigenvalue weighted by Crippen LogP contribution is 2.27. The van der Waals surface area contributed by atoms with E-state index in [1.54, 1.807) is 29.3 Å². The van der Waals surface area contributed by atoms with Crippen molar-refractivity contribution in [1.29, 1.82) is 0 Å². The molecule has 4 heterocycles. The fourth-order valence-corrected chi connectivity index (χ4v) is 2.72. The second-order valence-electron chi connectivity index (χ2n) is 5.11. The van der Waals surface area contributed by atoms with Gasteiger partial charge in [-0.3, -0.25) is 4.98 Å². The minimum absolute atomic E-state index is 0.0818. The monoisotopic (exact) mass is 316 g/mol. The Morgan fingerprint density at radius 1 is 1.27 bits per heavy atom. The van der Waals surface area contributed by atoms with Crippen LogP contribution in [0.15, 0.2) is 36.9 Å². The number of hydrogen-bond donors (Lipinski definition) is 0. The van der Waals surface area contributed by atoms with E-state index in [0.29, 0.717) is 10.8 Å². The number of pyridine rings is 1. The van der Waals surface area contributed by atoms with Crippen molar-refractivity contribution in [2.24, 2.45) is 0 Å². The van der Waals surface area contributed by atoms with Crippen molar-refractivity contribution >= 4 is 23.1 Å². The summed E-state index contributed by atoms with van der Waals surface area (Å²) < 4.78 is 7.63. The third-order valence-corrected chi connectivity index (χ3v) is 3.93. The number of fused-ring (bicyclic) bond motifs is 1. The number of nitrogens with zero attached hydrogens (tertiary/aromatic N) is 6. The summed E-state index contributed by atoms with van der Waals surface area (Å²) in [5.74, 6) is 1.56. The zero-order valence-corrected chi connectivity index (χ0v) is 12.4. The van der Waals surface area contributed by atoms with Gasteiger partial charge in [0.25, 0.3) is 0 Å². The van der Waals surface area contributed by atoms with Crippen LogP contribution in [0.2, 0.25) is 5.02 Å². The van der Waals surface area contributed by atoms with Crippen LogP contribution in [0, 0.1) is 0 Å². The lowest BCUT2D eigenvalue weighted by Gasteiger charge is -2.18. The van der Waals surface area contributed by atoms with Gasteiger partial charge in [0, 0.05) is 31.4 Å². The Hall–Kier alpha value is -2.41. The van der Waals surface area contributed by atoms with Crippen LogP contribution in [0.25, 0.3) is 5.65 Å². The van der Waals surface area contributed by atoms with E-state index in [4.69, 9.17) is 16.3 Å². The standard InChI is InChI=1S/C14H13ClN6O/c15-11-7-16-5-3-12(11)22-10-4-6-20(8-10)14-2-1-13-18-17-9-21(13)19-14/h1-3,5,7,9-10H,4,6,8H2. The minimum Gasteiger partial charge on any atom is -0.487 e. The topological polar surface area (TPSA) is 68.4 Å². The molecule has 1 saturated heterocycles. The lowest BCUT2D eigenvalue weighted by Crippen LogP contribution is -2.25. The molecule has 112 valence electrons. The van der Waals surface area contributed by atoms with E-state index in [1.165, 1.54) is 0 Å². The van der Waals surface area contributed by atoms with Crippen LogP contribution in [-0.4, -0.2) is 44.0 Å². The predicted molar refractivity (Wildman–Crippen MR) is 81.3 cm³/mol. The van der Waals surface area contributed by atoms with Gasteiger partial charge in [0.15, 0.2) is 5.65 Å². The summed E-state index contributed by atoms with van der Waals surface area (Å²) in [6.45, 7) is 1.65. The van der Waals surface area contributed by atoms with Gasteiger partial charge in [0.2, 0.25) is 0 Å². The molecule has 7 nitrogen and oxygen atoms in total. The molecule has 0 aliphatic carbocycles. The number of aromatic nitrogens is 5. The van der Waals surface area contributed by atoms with E-state index < -0.39 is 0 Å². The first-order valence-corrected chi connectivity index (χ1v) is 7.35. The first kappa shape index (κ1) is 13.3. The zero-order valence-electron chi connectivity index (χ0n) is 11.6. The van der Waals surface area contributed by atoms with Gasteiger partial charge in [0.05, 0.1) is 6.54 Å². The molecular weight excluding hydrogens is 304 g/mol. The fourth-order valence-electron chi connectivity index (χ4n) is 2.56. The maximum atomic E-state index is 6.08. The largest absolute Gasteiger partial charge is 0.487 e. The average Bonchev–Trinajstić information content (AvgIpc) is 3.17. The van der Waals surface area contributed by atoms with Gasteiger partial charge in [-0.2, -0.15) is 4.52 Å². The molecule has 0 radical (unpaired) electrons. The maximum Gasteiger partial charge on any atom is 0.177 e. The van der Waals surface area contributed by atoms with Crippen molar-refractivity contribution in [3.05, 3.63) is 41.9 Å². The van der Waals surface area contributed by atoms with Gasteiger partial charge in [-0.1, -0.05) is 11.6 Å². The van der Waals surface area contributed by atoms with Crippen LogP contribution in [0.1, 0.15) is 6.42 Å². The van der Waals surface area contributed by atoms with E-state index in [0.717, 1.165) is 31.0 Å². The molecule has 0 spiro atoms. The molecule has 1 aliphatic rings. The Morgan fingerprint density at radius 2 is 2.23 bits per heavy atom. The third-order valence-electron chi connectivity index (χ3n) is 3.65. The Morgan fingerprint density at radius 3 is 3.14 bits per heavy atom. The molecule has 0 bridgehead atoms. The maximum absolute atomic E-state index is 6.08. The van der Waals surface area contributed by atoms with Crippen molar-refractivity contribution in [2.75, 3.05) is 18.0 Å². The summed E-state index contributed by atoms with van der Waals surface area (Å²) in [7, 11) is 0. The van der Waals surface area contributed by atoms with Crippen LogP contribution in [0.4, 0.5) is 5.82 Å². The number of halogens is 1. The molecular formula is C14H13ClN6O. The smallest absolute Gasteiger partial charge is 0.177 e. The summed E-state index contributed by atoms with van der Waals surface area (Å²) in [4.78, 5) is 6.14. The van der Waals surface area contributed by atoms with Crippen LogP contribution in [0.3, 0.4) is 0 Å². The summed E-state index contributed by atoms with van der Waals surface area (Å²) in [6.07, 6.45) is 5.86. The van der Waals surface area contributed by atoms with E-state index in [-0.39, 0.29) is 6.10 Å². The predicted octanol–water partition coefficient (Wildman–Crippen LogP) is 1.83. The Labute approximate surface area is 131 Å². The highest BCUT2D eigenvalue weighted by molar-refractivity contribution is 6.31. The highest BCUT2D eigenvalue weighted by atomic mass is 35.5. The average molecular weight is 317 g/mol. The summed E-state index contributed by atoms with van der Waals surface area (Å²) >= 11 is 6.08. The SMILES string of the molecule is Clc1cnccc1OC1CCN(c2ccc3nncn3n2)C1. The van der Waals surface area contributed by atoms with Gasteiger partial charge in [-0.05, 0) is 12.1 Å². The Bertz CT molecular complexity index is 807. The van der Waals surface area contributed by atoms with Crippen LogP contribution >= 0.6 is 11.6 Å². The lowest BCUT2D eigenvalue weighted by atomic mass is 10.3. The van der Waals surface area contributed by atoms with Gasteiger partial charge in [-0.25, -0.2) is 0 Å². The van der Waals surface area contributed by atoms with Crippen LogP contribution in [-0.2, 0) is 0 Å². The van der Waals surface area contributed by atoms with E-state index in [2.05, 4.69) is 25.2 Å². The van der Waals surface area contributed by atoms with E-state index in [9.17, 15) is 0 Å². The lowest BCUT2D eigenvalue weighted by molar-refractivity contribution is 0.225. The Kier molecular flexibility index (Phi) is 3.27. The summed E-state index contributed by atoms with van der Waals surface area (Å²) in [6, 6.07) is 5.64. The van der Waals surface area contributed by atoms with Crippen molar-refractivity contribution in [1.82, 2.24) is 24.8 Å². The number of anilines is 1. The van der Waals surface area contributed by atoms with Crippen molar-refractivity contribution in [2.45, 2.75) is 12.5 Å². The summed E-state index contributed by atoms with van der Waals surface area (Å²) in [5, 5.41) is 12.8. The van der Waals surface area contributed by atoms with Gasteiger partial charge in [0.1, 0.15) is 29.0 Å². The quantitative estimate of drug-likeness (QED) is 0.734. The van der Waals surface area contributed by atoms with Crippen molar-refractivity contribution in [3.8, 4) is 5.75 Å². The number of ether oxygens (including phenoxy) is 1.